The molecule has 1 fully saturated rings. The van der Waals surface area contributed by atoms with Crippen LogP contribution in [0.15, 0.2) is 47.1 Å². The van der Waals surface area contributed by atoms with Gasteiger partial charge in [-0.05, 0) is 48.4 Å². The molecule has 1 unspecified atom stereocenters. The molecule has 1 saturated carbocycles. The zero-order chi connectivity index (χ0) is 18.5. The number of amides is 1. The summed E-state index contributed by atoms with van der Waals surface area (Å²) in [7, 11) is 0. The van der Waals surface area contributed by atoms with Crippen LogP contribution in [-0.2, 0) is 9.59 Å². The maximum atomic E-state index is 13.4. The van der Waals surface area contributed by atoms with Crippen LogP contribution in [0.4, 0.5) is 18.9 Å². The van der Waals surface area contributed by atoms with Gasteiger partial charge >= 0.3 is 6.18 Å². The summed E-state index contributed by atoms with van der Waals surface area (Å²) >= 11 is 0. The number of hydrogen-bond donors (Lipinski definition) is 0. The molecule has 0 aromatic heterocycles. The van der Waals surface area contributed by atoms with Crippen LogP contribution >= 0.6 is 0 Å². The molecule has 2 aliphatic carbocycles. The Bertz CT molecular complexity index is 834. The third kappa shape index (κ3) is 2.77. The van der Waals surface area contributed by atoms with Crippen LogP contribution in [0.2, 0.25) is 0 Å². The van der Waals surface area contributed by atoms with E-state index in [1.165, 1.54) is 11.3 Å². The maximum Gasteiger partial charge on any atom is 0.416 e. The molecular weight excluding hydrogens is 343 g/mol. The van der Waals surface area contributed by atoms with Gasteiger partial charge < -0.3 is 9.69 Å². The number of alkyl halides is 3. The van der Waals surface area contributed by atoms with Crippen LogP contribution in [0.3, 0.4) is 0 Å². The summed E-state index contributed by atoms with van der Waals surface area (Å²) in [6.07, 6.45) is 0.279. The minimum absolute atomic E-state index is 0.00893. The van der Waals surface area contributed by atoms with Crippen molar-refractivity contribution in [2.45, 2.75) is 37.8 Å². The molecule has 0 spiro atoms. The largest absolute Gasteiger partial charge is 0.416 e. The van der Waals surface area contributed by atoms with Gasteiger partial charge in [-0.2, -0.15) is 13.2 Å². The topological polar surface area (TPSA) is 37.4 Å². The van der Waals surface area contributed by atoms with Crippen molar-refractivity contribution in [3.05, 3.63) is 52.6 Å². The lowest BCUT2D eigenvalue weighted by atomic mass is 9.80. The van der Waals surface area contributed by atoms with Crippen molar-refractivity contribution < 1.29 is 22.8 Å². The van der Waals surface area contributed by atoms with Crippen molar-refractivity contribution in [1.29, 1.82) is 0 Å². The van der Waals surface area contributed by atoms with Crippen molar-refractivity contribution in [2.75, 3.05) is 11.4 Å². The number of allylic oxidation sites excluding steroid dienone is 1. The minimum atomic E-state index is -4.58. The molecular formula is C20H18F3NO2. The third-order valence-electron chi connectivity index (χ3n) is 5.57. The first kappa shape index (κ1) is 17.1. The van der Waals surface area contributed by atoms with E-state index in [2.05, 4.69) is 0 Å². The van der Waals surface area contributed by atoms with Gasteiger partial charge in [0.15, 0.2) is 0 Å². The number of aldehydes is 1. The fourth-order valence-electron chi connectivity index (χ4n) is 3.93. The highest BCUT2D eigenvalue weighted by molar-refractivity contribution is 6.10. The number of carbonyl (C=O) groups is 2. The van der Waals surface area contributed by atoms with E-state index in [-0.39, 0.29) is 24.1 Å². The number of hydrogen-bond acceptors (Lipinski definition) is 2. The molecule has 3 nitrogen and oxygen atoms in total. The Balaban J connectivity index is 1.67. The predicted molar refractivity (Wildman–Crippen MR) is 90.7 cm³/mol. The number of anilines is 1. The molecule has 0 saturated heterocycles. The SMILES string of the molecule is O=CC1C=C(C(F)(F)F)C2=C(C1)C(=O)N(c1cccc(C3CCC3)c1)C2. The normalized spacial score (nSPS) is 23.7. The van der Waals surface area contributed by atoms with Gasteiger partial charge in [-0.15, -0.1) is 0 Å². The van der Waals surface area contributed by atoms with E-state index >= 15 is 0 Å². The van der Waals surface area contributed by atoms with Crippen LogP contribution < -0.4 is 4.90 Å². The molecule has 1 aromatic carbocycles. The van der Waals surface area contributed by atoms with E-state index in [1.807, 2.05) is 18.2 Å². The van der Waals surface area contributed by atoms with Crippen molar-refractivity contribution in [3.63, 3.8) is 0 Å². The summed E-state index contributed by atoms with van der Waals surface area (Å²) < 4.78 is 40.3. The van der Waals surface area contributed by atoms with Crippen LogP contribution in [0.1, 0.15) is 37.2 Å². The van der Waals surface area contributed by atoms with Crippen LogP contribution in [0.25, 0.3) is 0 Å². The number of nitrogens with zero attached hydrogens (tertiary/aromatic N) is 1. The lowest BCUT2D eigenvalue weighted by Crippen LogP contribution is -2.27. The first-order valence-electron chi connectivity index (χ1n) is 8.77. The van der Waals surface area contributed by atoms with Gasteiger partial charge in [-0.1, -0.05) is 24.6 Å². The molecule has 0 bridgehead atoms. The summed E-state index contributed by atoms with van der Waals surface area (Å²) in [5.74, 6) is -0.858. The van der Waals surface area contributed by atoms with Crippen molar-refractivity contribution in [3.8, 4) is 0 Å². The second-order valence-corrected chi connectivity index (χ2v) is 7.15. The second kappa shape index (κ2) is 6.11. The maximum absolute atomic E-state index is 13.4. The van der Waals surface area contributed by atoms with Crippen LogP contribution in [0.5, 0.6) is 0 Å². The molecule has 1 atom stereocenters. The second-order valence-electron chi connectivity index (χ2n) is 7.15. The molecule has 1 heterocycles. The molecule has 136 valence electrons. The highest BCUT2D eigenvalue weighted by atomic mass is 19.4. The third-order valence-corrected chi connectivity index (χ3v) is 5.57. The first-order chi connectivity index (χ1) is 12.4. The van der Waals surface area contributed by atoms with E-state index in [4.69, 9.17) is 0 Å². The Hall–Kier alpha value is -2.37. The Kier molecular flexibility index (Phi) is 4.01. The van der Waals surface area contributed by atoms with Gasteiger partial charge in [0.05, 0.1) is 12.1 Å². The van der Waals surface area contributed by atoms with E-state index in [0.717, 1.165) is 24.5 Å². The zero-order valence-electron chi connectivity index (χ0n) is 14.1. The molecule has 0 radical (unpaired) electrons. The standard InChI is InChI=1S/C20H18F3NO2/c21-20(22,23)18-8-12(11-25)7-16-17(18)10-24(19(16)26)15-6-2-5-14(9-15)13-3-1-4-13/h2,5-6,8-9,11-13H,1,3-4,7,10H2. The fourth-order valence-corrected chi connectivity index (χ4v) is 3.93. The average molecular weight is 361 g/mol. The van der Waals surface area contributed by atoms with Gasteiger partial charge in [0.2, 0.25) is 0 Å². The summed E-state index contributed by atoms with van der Waals surface area (Å²) in [4.78, 5) is 25.3. The van der Waals surface area contributed by atoms with Crippen LogP contribution in [0, 0.1) is 5.92 Å². The van der Waals surface area contributed by atoms with Crippen molar-refractivity contribution in [2.24, 2.45) is 5.92 Å². The van der Waals surface area contributed by atoms with E-state index in [0.29, 0.717) is 17.9 Å². The first-order valence-corrected chi connectivity index (χ1v) is 8.77. The zero-order valence-corrected chi connectivity index (χ0v) is 14.1. The average Bonchev–Trinajstić information content (AvgIpc) is 2.89. The van der Waals surface area contributed by atoms with Gasteiger partial charge in [0.1, 0.15) is 6.29 Å². The van der Waals surface area contributed by atoms with E-state index in [9.17, 15) is 22.8 Å². The monoisotopic (exact) mass is 361 g/mol. The molecule has 4 rings (SSSR count). The Morgan fingerprint density at radius 1 is 1.15 bits per heavy atom. The highest BCUT2D eigenvalue weighted by Gasteiger charge is 2.45. The molecule has 26 heavy (non-hydrogen) atoms. The predicted octanol–water partition coefficient (Wildman–Crippen LogP) is 4.30. The lowest BCUT2D eigenvalue weighted by Gasteiger charge is -2.27. The number of benzene rings is 1. The molecule has 3 aliphatic rings. The molecule has 6 heteroatoms. The number of rotatable bonds is 3. The Labute approximate surface area is 149 Å². The molecule has 0 N–H and O–H groups in total. The van der Waals surface area contributed by atoms with Crippen molar-refractivity contribution in [1.82, 2.24) is 0 Å². The smallest absolute Gasteiger partial charge is 0.304 e. The summed E-state index contributed by atoms with van der Waals surface area (Å²) in [5.41, 5.74) is 1.03. The minimum Gasteiger partial charge on any atom is -0.304 e. The van der Waals surface area contributed by atoms with Crippen LogP contribution in [-0.4, -0.2) is 24.9 Å². The summed E-state index contributed by atoms with van der Waals surface area (Å²) in [6, 6.07) is 7.52. The van der Waals surface area contributed by atoms with Crippen molar-refractivity contribution >= 4 is 17.9 Å². The lowest BCUT2D eigenvalue weighted by molar-refractivity contribution is -0.114. The Morgan fingerprint density at radius 3 is 2.54 bits per heavy atom. The van der Waals surface area contributed by atoms with E-state index in [1.54, 1.807) is 6.07 Å². The van der Waals surface area contributed by atoms with E-state index < -0.39 is 23.6 Å². The quantitative estimate of drug-likeness (QED) is 0.753. The summed E-state index contributed by atoms with van der Waals surface area (Å²) in [5, 5.41) is 0. The molecule has 1 amide bonds. The highest BCUT2D eigenvalue weighted by Crippen LogP contribution is 2.44. The Morgan fingerprint density at radius 2 is 1.92 bits per heavy atom. The summed E-state index contributed by atoms with van der Waals surface area (Å²) in [6.45, 7) is -0.0980. The van der Waals surface area contributed by atoms with Gasteiger partial charge in [0.25, 0.3) is 5.91 Å². The molecule has 1 aliphatic heterocycles. The number of halogens is 3. The fraction of sp³-hybridized carbons (Fsp3) is 0.400. The van der Waals surface area contributed by atoms with Gasteiger partial charge in [-0.25, -0.2) is 0 Å². The number of carbonyl (C=O) groups excluding carboxylic acids is 2. The van der Waals surface area contributed by atoms with Gasteiger partial charge in [-0.3, -0.25) is 4.79 Å². The van der Waals surface area contributed by atoms with Gasteiger partial charge in [0, 0.05) is 17.2 Å². The molecule has 1 aromatic rings.